The Labute approximate surface area is 184 Å². The maximum Gasteiger partial charge on any atom is 0.274 e. The van der Waals surface area contributed by atoms with Gasteiger partial charge in [-0.1, -0.05) is 23.7 Å². The summed E-state index contributed by atoms with van der Waals surface area (Å²) >= 11 is 6.38. The summed E-state index contributed by atoms with van der Waals surface area (Å²) in [6.07, 6.45) is 1.79. The lowest BCUT2D eigenvalue weighted by Gasteiger charge is -2.31. The molecule has 1 unspecified atom stereocenters. The highest BCUT2D eigenvalue weighted by molar-refractivity contribution is 6.33. The molecule has 1 amide bonds. The fraction of sp³-hybridized carbons (Fsp3) is 0.304. The van der Waals surface area contributed by atoms with Crippen molar-refractivity contribution in [1.29, 1.82) is 0 Å². The van der Waals surface area contributed by atoms with Gasteiger partial charge in [-0.25, -0.2) is 14.6 Å². The van der Waals surface area contributed by atoms with E-state index in [2.05, 4.69) is 15.1 Å². The third-order valence-electron chi connectivity index (χ3n) is 5.63. The van der Waals surface area contributed by atoms with Gasteiger partial charge in [-0.05, 0) is 57.0 Å². The second kappa shape index (κ2) is 7.81. The summed E-state index contributed by atoms with van der Waals surface area (Å²) in [6, 6.07) is 13.2. The molecule has 0 aliphatic carbocycles. The summed E-state index contributed by atoms with van der Waals surface area (Å²) in [5, 5.41) is 4.79. The molecule has 4 heterocycles. The van der Waals surface area contributed by atoms with Crippen LogP contribution in [0.4, 0.5) is 0 Å². The number of para-hydroxylation sites is 2. The van der Waals surface area contributed by atoms with Gasteiger partial charge in [0.25, 0.3) is 5.91 Å². The van der Waals surface area contributed by atoms with E-state index in [1.165, 1.54) is 0 Å². The lowest BCUT2D eigenvalue weighted by molar-refractivity contribution is 0.0693. The molecule has 31 heavy (non-hydrogen) atoms. The number of benzene rings is 1. The first-order valence-electron chi connectivity index (χ1n) is 10.3. The summed E-state index contributed by atoms with van der Waals surface area (Å²) in [7, 11) is 0. The lowest BCUT2D eigenvalue weighted by Crippen LogP contribution is -2.39. The number of fused-ring (bicyclic) bond motifs is 1. The first kappa shape index (κ1) is 19.8. The predicted molar refractivity (Wildman–Crippen MR) is 118 cm³/mol. The van der Waals surface area contributed by atoms with Gasteiger partial charge in [-0.2, -0.15) is 5.10 Å². The van der Waals surface area contributed by atoms with Gasteiger partial charge < -0.3 is 9.32 Å². The molecule has 1 saturated heterocycles. The molecule has 0 saturated carbocycles. The van der Waals surface area contributed by atoms with E-state index in [1.807, 2.05) is 44.2 Å². The molecule has 7 nitrogen and oxygen atoms in total. The first-order chi connectivity index (χ1) is 15.0. The zero-order valence-electron chi connectivity index (χ0n) is 17.4. The molecule has 0 radical (unpaired) electrons. The Morgan fingerprint density at radius 2 is 2.00 bits per heavy atom. The number of pyridine rings is 1. The van der Waals surface area contributed by atoms with E-state index in [4.69, 9.17) is 16.0 Å². The normalized spacial score (nSPS) is 16.7. The minimum atomic E-state index is -0.186. The Bertz CT molecular complexity index is 1250. The van der Waals surface area contributed by atoms with E-state index in [0.717, 1.165) is 35.3 Å². The van der Waals surface area contributed by atoms with Crippen LogP contribution in [0.15, 0.2) is 46.9 Å². The van der Waals surface area contributed by atoms with E-state index in [-0.39, 0.29) is 17.5 Å². The maximum absolute atomic E-state index is 13.3. The van der Waals surface area contributed by atoms with Gasteiger partial charge in [0, 0.05) is 18.8 Å². The van der Waals surface area contributed by atoms with E-state index < -0.39 is 0 Å². The van der Waals surface area contributed by atoms with Gasteiger partial charge in [-0.3, -0.25) is 4.79 Å². The molecule has 3 aromatic heterocycles. The topological polar surface area (TPSA) is 77.0 Å². The molecule has 1 fully saturated rings. The highest BCUT2D eigenvalue weighted by atomic mass is 35.5. The summed E-state index contributed by atoms with van der Waals surface area (Å²) < 4.78 is 7.68. The van der Waals surface area contributed by atoms with E-state index in [9.17, 15) is 4.79 Å². The molecular weight excluding hydrogens is 414 g/mol. The first-order valence-corrected chi connectivity index (χ1v) is 10.7. The molecule has 1 aliphatic rings. The zero-order chi connectivity index (χ0) is 21.5. The second-order valence-electron chi connectivity index (χ2n) is 7.95. The van der Waals surface area contributed by atoms with Crippen molar-refractivity contribution in [1.82, 2.24) is 24.6 Å². The molecule has 0 bridgehead atoms. The van der Waals surface area contributed by atoms with Crippen molar-refractivity contribution in [2.45, 2.75) is 32.6 Å². The number of rotatable bonds is 3. The fourth-order valence-electron chi connectivity index (χ4n) is 4.14. The van der Waals surface area contributed by atoms with Crippen LogP contribution >= 0.6 is 11.6 Å². The monoisotopic (exact) mass is 435 g/mol. The molecule has 158 valence electrons. The number of carbonyl (C=O) groups is 1. The standard InChI is InChI=1S/C23H22ClN5O2/c1-14-12-15(2)29(27-14)20-10-9-17(24)21(26-20)23(30)28-11-5-6-16(13-28)22-25-18-7-3-4-8-19(18)31-22/h3-4,7-10,12,16H,5-6,11,13H2,1-2H3. The van der Waals surface area contributed by atoms with Crippen LogP contribution in [-0.2, 0) is 0 Å². The average Bonchev–Trinajstić information content (AvgIpc) is 3.36. The number of aromatic nitrogens is 4. The molecule has 0 N–H and O–H groups in total. The molecule has 1 aliphatic heterocycles. The number of hydrogen-bond donors (Lipinski definition) is 0. The Hall–Kier alpha value is -3.19. The number of amides is 1. The minimum absolute atomic E-state index is 0.0445. The molecule has 0 spiro atoms. The molecule has 1 atom stereocenters. The smallest absolute Gasteiger partial charge is 0.274 e. The number of halogens is 1. The Morgan fingerprint density at radius 1 is 1.16 bits per heavy atom. The highest BCUT2D eigenvalue weighted by Crippen LogP contribution is 2.30. The molecule has 1 aromatic carbocycles. The van der Waals surface area contributed by atoms with Gasteiger partial charge in [0.2, 0.25) is 0 Å². The zero-order valence-corrected chi connectivity index (χ0v) is 18.1. The largest absolute Gasteiger partial charge is 0.440 e. The van der Waals surface area contributed by atoms with Crippen molar-refractivity contribution in [3.05, 3.63) is 70.5 Å². The number of nitrogens with zero attached hydrogens (tertiary/aromatic N) is 5. The Balaban J connectivity index is 1.41. The fourth-order valence-corrected chi connectivity index (χ4v) is 4.32. The van der Waals surface area contributed by atoms with Crippen LogP contribution < -0.4 is 0 Å². The Kier molecular flexibility index (Phi) is 4.98. The molecule has 5 rings (SSSR count). The van der Waals surface area contributed by atoms with Crippen LogP contribution in [0.5, 0.6) is 0 Å². The SMILES string of the molecule is Cc1cc(C)n(-c2ccc(Cl)c(C(=O)N3CCCC(c4nc5ccccc5o4)C3)n2)n1. The van der Waals surface area contributed by atoms with Crippen LogP contribution in [0.1, 0.15) is 46.5 Å². The van der Waals surface area contributed by atoms with Crippen molar-refractivity contribution in [2.24, 2.45) is 0 Å². The van der Waals surface area contributed by atoms with E-state index in [1.54, 1.807) is 21.7 Å². The number of hydrogen-bond acceptors (Lipinski definition) is 5. The van der Waals surface area contributed by atoms with Gasteiger partial charge in [0.1, 0.15) is 11.2 Å². The average molecular weight is 436 g/mol. The second-order valence-corrected chi connectivity index (χ2v) is 8.36. The van der Waals surface area contributed by atoms with Crippen molar-refractivity contribution >= 4 is 28.6 Å². The molecule has 8 heteroatoms. The van der Waals surface area contributed by atoms with E-state index >= 15 is 0 Å². The number of carbonyl (C=O) groups excluding carboxylic acids is 1. The number of likely N-dealkylation sites (tertiary alicyclic amines) is 1. The van der Waals surface area contributed by atoms with Crippen LogP contribution in [0.3, 0.4) is 0 Å². The summed E-state index contributed by atoms with van der Waals surface area (Å²) in [4.78, 5) is 24.3. The Morgan fingerprint density at radius 3 is 2.77 bits per heavy atom. The van der Waals surface area contributed by atoms with Gasteiger partial charge in [-0.15, -0.1) is 0 Å². The third kappa shape index (κ3) is 3.70. The van der Waals surface area contributed by atoms with Crippen LogP contribution in [0.2, 0.25) is 5.02 Å². The summed E-state index contributed by atoms with van der Waals surface area (Å²) in [6.45, 7) is 5.05. The van der Waals surface area contributed by atoms with Crippen LogP contribution in [-0.4, -0.2) is 43.6 Å². The number of aryl methyl sites for hydroxylation is 2. The molecular formula is C23H22ClN5O2. The van der Waals surface area contributed by atoms with Gasteiger partial charge in [0.05, 0.1) is 16.6 Å². The number of oxazole rings is 1. The quantitative estimate of drug-likeness (QED) is 0.466. The lowest BCUT2D eigenvalue weighted by atomic mass is 9.97. The highest BCUT2D eigenvalue weighted by Gasteiger charge is 2.30. The van der Waals surface area contributed by atoms with Crippen molar-refractivity contribution in [3.8, 4) is 5.82 Å². The third-order valence-corrected chi connectivity index (χ3v) is 5.93. The maximum atomic E-state index is 13.3. The minimum Gasteiger partial charge on any atom is -0.440 e. The van der Waals surface area contributed by atoms with Gasteiger partial charge >= 0.3 is 0 Å². The predicted octanol–water partition coefficient (Wildman–Crippen LogP) is 4.70. The summed E-state index contributed by atoms with van der Waals surface area (Å²) in [5.74, 6) is 1.11. The van der Waals surface area contributed by atoms with Crippen LogP contribution in [0.25, 0.3) is 16.9 Å². The van der Waals surface area contributed by atoms with E-state index in [0.29, 0.717) is 29.8 Å². The van der Waals surface area contributed by atoms with Crippen LogP contribution in [0, 0.1) is 13.8 Å². The van der Waals surface area contributed by atoms with Crippen molar-refractivity contribution in [2.75, 3.05) is 13.1 Å². The van der Waals surface area contributed by atoms with Crippen molar-refractivity contribution in [3.63, 3.8) is 0 Å². The van der Waals surface area contributed by atoms with Crippen molar-refractivity contribution < 1.29 is 9.21 Å². The van der Waals surface area contributed by atoms with Gasteiger partial charge in [0.15, 0.2) is 17.3 Å². The summed E-state index contributed by atoms with van der Waals surface area (Å²) in [5.41, 5.74) is 3.68. The molecule has 4 aromatic rings. The number of piperidine rings is 1.